The zero-order chi connectivity index (χ0) is 20.1. The summed E-state index contributed by atoms with van der Waals surface area (Å²) in [5.74, 6) is 0. The van der Waals surface area contributed by atoms with Crippen LogP contribution in [0.3, 0.4) is 0 Å². The smallest absolute Gasteiger partial charge is 0.300 e. The summed E-state index contributed by atoms with van der Waals surface area (Å²) in [4.78, 5) is 2.78. The van der Waals surface area contributed by atoms with Crippen LogP contribution in [-0.2, 0) is 10.1 Å². The summed E-state index contributed by atoms with van der Waals surface area (Å²) in [6.07, 6.45) is 17.3. The molecular weight excluding hydrogens is 367 g/mol. The van der Waals surface area contributed by atoms with Crippen LogP contribution in [0.2, 0.25) is 0 Å². The van der Waals surface area contributed by atoms with Gasteiger partial charge in [0.25, 0.3) is 0 Å². The van der Waals surface area contributed by atoms with Gasteiger partial charge in [0, 0.05) is 6.04 Å². The maximum atomic E-state index is 10.7. The Morgan fingerprint density at radius 1 is 0.962 bits per heavy atom. The Balaban J connectivity index is 0.000000660. The highest BCUT2D eigenvalue weighted by molar-refractivity contribution is 7.86. The summed E-state index contributed by atoms with van der Waals surface area (Å²) in [5, 5.41) is 0. The van der Waals surface area contributed by atoms with Gasteiger partial charge in [-0.15, -0.1) is 0 Å². The molecule has 158 valence electrons. The molecule has 0 spiro atoms. The first-order chi connectivity index (χ1) is 12.1. The van der Waals surface area contributed by atoms with E-state index in [1.807, 2.05) is 0 Å². The Kier molecular flexibility index (Phi) is 13.6. The molecule has 8 heteroatoms. The molecule has 0 aromatic carbocycles. The van der Waals surface area contributed by atoms with Crippen LogP contribution in [0.5, 0.6) is 0 Å². The van der Waals surface area contributed by atoms with Gasteiger partial charge in [-0.05, 0) is 38.8 Å². The monoisotopic (exact) mass is 403 g/mol. The highest BCUT2D eigenvalue weighted by atomic mass is 32.2. The topological polar surface area (TPSA) is 57.6 Å². The number of halogens is 3. The molecule has 0 radical (unpaired) electrons. The lowest BCUT2D eigenvalue weighted by Gasteiger charge is -2.24. The van der Waals surface area contributed by atoms with Crippen molar-refractivity contribution in [3.63, 3.8) is 0 Å². The predicted octanol–water partition coefficient (Wildman–Crippen LogP) is 5.79. The van der Waals surface area contributed by atoms with E-state index in [0.29, 0.717) is 0 Å². The second-order valence-electron chi connectivity index (χ2n) is 7.02. The van der Waals surface area contributed by atoms with Gasteiger partial charge in [0.1, 0.15) is 0 Å². The quantitative estimate of drug-likeness (QED) is 0.270. The van der Waals surface area contributed by atoms with Crippen LogP contribution in [-0.4, -0.2) is 42.5 Å². The first-order valence-corrected chi connectivity index (χ1v) is 11.3. The zero-order valence-electron chi connectivity index (χ0n) is 16.2. The second-order valence-corrected chi connectivity index (χ2v) is 8.43. The van der Waals surface area contributed by atoms with Crippen LogP contribution in [0.4, 0.5) is 13.2 Å². The summed E-state index contributed by atoms with van der Waals surface area (Å²) in [7, 11) is -5.84. The van der Waals surface area contributed by atoms with Gasteiger partial charge in [0.05, 0.1) is 0 Å². The van der Waals surface area contributed by atoms with Crippen molar-refractivity contribution in [1.82, 2.24) is 4.90 Å². The Labute approximate surface area is 157 Å². The highest BCUT2D eigenvalue weighted by Crippen LogP contribution is 2.22. The molecule has 0 amide bonds. The fourth-order valence-electron chi connectivity index (χ4n) is 3.23. The lowest BCUT2D eigenvalue weighted by Crippen LogP contribution is -2.30. The number of unbranched alkanes of at least 4 members (excludes halogenated alkanes) is 7. The van der Waals surface area contributed by atoms with E-state index >= 15 is 0 Å². The average Bonchev–Trinajstić information content (AvgIpc) is 2.98. The van der Waals surface area contributed by atoms with Crippen molar-refractivity contribution in [2.75, 3.05) is 13.1 Å². The molecular formula is C18H36F3NO3S. The number of nitrogens with zero attached hydrogens (tertiary/aromatic N) is 1. The largest absolute Gasteiger partial charge is 0.522 e. The minimum Gasteiger partial charge on any atom is -0.300 e. The Morgan fingerprint density at radius 3 is 1.96 bits per heavy atom. The molecule has 1 heterocycles. The van der Waals surface area contributed by atoms with Crippen molar-refractivity contribution in [3.05, 3.63) is 0 Å². The summed E-state index contributed by atoms with van der Waals surface area (Å²) >= 11 is 0. The minimum atomic E-state index is -5.84. The van der Waals surface area contributed by atoms with Gasteiger partial charge in [0.2, 0.25) is 0 Å². The van der Waals surface area contributed by atoms with Gasteiger partial charge in [-0.1, -0.05) is 65.2 Å². The number of likely N-dealkylation sites (tertiary alicyclic amines) is 1. The SMILES string of the molecule is CCCCCCCCCN1CCCC1CCCC.O=S(=O)(O)C(F)(F)F. The van der Waals surface area contributed by atoms with Crippen molar-refractivity contribution in [3.8, 4) is 0 Å². The molecule has 0 aromatic heterocycles. The summed E-state index contributed by atoms with van der Waals surface area (Å²) in [5.41, 5.74) is -5.53. The molecule has 0 aliphatic carbocycles. The van der Waals surface area contributed by atoms with Crippen LogP contribution in [0.15, 0.2) is 0 Å². The first-order valence-electron chi connectivity index (χ1n) is 9.91. The third-order valence-corrected chi connectivity index (χ3v) is 5.32. The van der Waals surface area contributed by atoms with Crippen molar-refractivity contribution >= 4 is 10.1 Å². The lowest BCUT2D eigenvalue weighted by atomic mass is 10.1. The van der Waals surface area contributed by atoms with Crippen molar-refractivity contribution in [1.29, 1.82) is 0 Å². The number of hydrogen-bond acceptors (Lipinski definition) is 3. The maximum Gasteiger partial charge on any atom is 0.522 e. The van der Waals surface area contributed by atoms with E-state index in [0.717, 1.165) is 6.04 Å². The van der Waals surface area contributed by atoms with Crippen LogP contribution in [0.25, 0.3) is 0 Å². The molecule has 1 rings (SSSR count). The predicted molar refractivity (Wildman–Crippen MR) is 99.7 cm³/mol. The van der Waals surface area contributed by atoms with E-state index < -0.39 is 15.6 Å². The van der Waals surface area contributed by atoms with Gasteiger partial charge >= 0.3 is 15.6 Å². The van der Waals surface area contributed by atoms with Gasteiger partial charge < -0.3 is 4.90 Å². The fraction of sp³-hybridized carbons (Fsp3) is 1.00. The Bertz CT molecular complexity index is 441. The molecule has 0 aromatic rings. The molecule has 0 bridgehead atoms. The average molecular weight is 404 g/mol. The van der Waals surface area contributed by atoms with Crippen molar-refractivity contribution in [2.24, 2.45) is 0 Å². The third kappa shape index (κ3) is 12.1. The van der Waals surface area contributed by atoms with E-state index in [9.17, 15) is 13.2 Å². The lowest BCUT2D eigenvalue weighted by molar-refractivity contribution is -0.0510. The molecule has 26 heavy (non-hydrogen) atoms. The number of alkyl halides is 3. The van der Waals surface area contributed by atoms with E-state index in [-0.39, 0.29) is 0 Å². The summed E-state index contributed by atoms with van der Waals surface area (Å²) < 4.78 is 57.5. The van der Waals surface area contributed by atoms with Gasteiger partial charge in [-0.25, -0.2) is 0 Å². The van der Waals surface area contributed by atoms with Gasteiger partial charge in [-0.2, -0.15) is 21.6 Å². The first kappa shape index (κ1) is 25.7. The molecule has 1 atom stereocenters. The zero-order valence-corrected chi connectivity index (χ0v) is 17.0. The van der Waals surface area contributed by atoms with Crippen LogP contribution in [0.1, 0.15) is 90.9 Å². The Morgan fingerprint density at radius 2 is 1.46 bits per heavy atom. The normalized spacial score (nSPS) is 18.6. The molecule has 1 fully saturated rings. The molecule has 1 N–H and O–H groups in total. The van der Waals surface area contributed by atoms with Gasteiger partial charge in [-0.3, -0.25) is 4.55 Å². The van der Waals surface area contributed by atoms with E-state index in [1.54, 1.807) is 0 Å². The summed E-state index contributed by atoms with van der Waals surface area (Å²) in [6.45, 7) is 7.37. The standard InChI is InChI=1S/C17H35N.CHF3O3S/c1-3-5-7-8-9-10-11-15-18-16-12-14-17(18)13-6-4-2;2-1(3,4)8(5,6)7/h17H,3-16H2,1-2H3;(H,5,6,7). The number of rotatable bonds is 11. The molecule has 0 saturated carbocycles. The van der Waals surface area contributed by atoms with Gasteiger partial charge in [0.15, 0.2) is 0 Å². The molecule has 1 aliphatic rings. The molecule has 1 saturated heterocycles. The van der Waals surface area contributed by atoms with Crippen LogP contribution < -0.4 is 0 Å². The second kappa shape index (κ2) is 13.8. The number of hydrogen-bond donors (Lipinski definition) is 1. The van der Waals surface area contributed by atoms with Crippen LogP contribution >= 0.6 is 0 Å². The highest BCUT2D eigenvalue weighted by Gasteiger charge is 2.44. The van der Waals surface area contributed by atoms with Crippen molar-refractivity contribution in [2.45, 2.75) is 102 Å². The van der Waals surface area contributed by atoms with Crippen molar-refractivity contribution < 1.29 is 26.1 Å². The summed E-state index contributed by atoms with van der Waals surface area (Å²) in [6, 6.07) is 0.935. The van der Waals surface area contributed by atoms with E-state index in [4.69, 9.17) is 13.0 Å². The fourth-order valence-corrected chi connectivity index (χ4v) is 3.23. The molecule has 1 aliphatic heterocycles. The third-order valence-electron chi connectivity index (χ3n) is 4.73. The van der Waals surface area contributed by atoms with E-state index in [2.05, 4.69) is 18.7 Å². The molecule has 4 nitrogen and oxygen atoms in total. The van der Waals surface area contributed by atoms with E-state index in [1.165, 1.54) is 90.1 Å². The maximum absolute atomic E-state index is 10.7. The Hall–Kier alpha value is -0.340. The van der Waals surface area contributed by atoms with Crippen LogP contribution in [0, 0.1) is 0 Å². The molecule has 1 unspecified atom stereocenters. The minimum absolute atomic E-state index is 0.935.